The number of hydrogen-bond donors (Lipinski definition) is 0. The van der Waals surface area contributed by atoms with Crippen LogP contribution in [0, 0.1) is 36.0 Å². The maximum Gasteiger partial charge on any atom is 0.319 e. The van der Waals surface area contributed by atoms with Crippen molar-refractivity contribution >= 4 is 39.7 Å². The fourth-order valence-corrected chi connectivity index (χ4v) is 8.33. The Hall–Kier alpha value is -4.42. The van der Waals surface area contributed by atoms with Crippen LogP contribution in [0.1, 0.15) is 45.0 Å². The van der Waals surface area contributed by atoms with Crippen molar-refractivity contribution in [1.82, 2.24) is 0 Å². The average molecular weight is 551 g/mol. The molecule has 40 heavy (non-hydrogen) atoms. The van der Waals surface area contributed by atoms with Gasteiger partial charge in [0.05, 0.1) is 23.3 Å². The minimum Gasteiger partial charge on any atom is -0.454 e. The molecule has 2 aromatic carbocycles. The zero-order valence-corrected chi connectivity index (χ0v) is 22.2. The molecule has 0 radical (unpaired) electrons. The van der Waals surface area contributed by atoms with Crippen molar-refractivity contribution in [3.05, 3.63) is 75.2 Å². The number of carbonyl (C=O) groups is 3. The summed E-state index contributed by atoms with van der Waals surface area (Å²) in [5.74, 6) is -3.00. The average Bonchev–Trinajstić information content (AvgIpc) is 3.71. The lowest BCUT2D eigenvalue weighted by Crippen LogP contribution is -2.42. The number of amides is 2. The van der Waals surface area contributed by atoms with Crippen LogP contribution in [0.3, 0.4) is 0 Å². The fraction of sp³-hybridized carbons (Fsp3) is 0.290. The predicted molar refractivity (Wildman–Crippen MR) is 144 cm³/mol. The van der Waals surface area contributed by atoms with Crippen LogP contribution in [-0.4, -0.2) is 24.6 Å². The second kappa shape index (κ2) is 8.29. The van der Waals surface area contributed by atoms with Gasteiger partial charge in [0.1, 0.15) is 16.8 Å². The number of ether oxygens (including phenoxy) is 3. The van der Waals surface area contributed by atoms with E-state index in [9.17, 15) is 19.6 Å². The highest BCUT2D eigenvalue weighted by atomic mass is 32.1. The Morgan fingerprint density at radius 3 is 2.65 bits per heavy atom. The maximum atomic E-state index is 14.3. The number of benzene rings is 2. The molecule has 2 aliphatic carbocycles. The van der Waals surface area contributed by atoms with Crippen molar-refractivity contribution in [2.24, 2.45) is 17.8 Å². The van der Waals surface area contributed by atoms with Crippen molar-refractivity contribution in [2.75, 3.05) is 11.7 Å². The van der Waals surface area contributed by atoms with E-state index in [0.29, 0.717) is 33.4 Å². The summed E-state index contributed by atoms with van der Waals surface area (Å²) in [6, 6.07) is 13.5. The Labute approximate surface area is 233 Å². The first-order valence-electron chi connectivity index (χ1n) is 13.3. The zero-order valence-electron chi connectivity index (χ0n) is 21.4. The van der Waals surface area contributed by atoms with Crippen LogP contribution in [0.25, 0.3) is 5.57 Å². The number of aryl methyl sites for hydroxylation is 2. The van der Waals surface area contributed by atoms with Crippen LogP contribution in [0.2, 0.25) is 0 Å². The molecule has 0 unspecified atom stereocenters. The van der Waals surface area contributed by atoms with Crippen LogP contribution < -0.4 is 19.1 Å². The van der Waals surface area contributed by atoms with Gasteiger partial charge in [0.2, 0.25) is 18.6 Å². The SMILES string of the molecule is Cc1ccc2c(c1)OC(=O)[C@@H]1C2=C[C@H](c2ccc3c(c2)OCO3)[C@H]2C(=O)N(c3sc4c(c3C#N)CCC4)C(=O)[C@@H]12. The van der Waals surface area contributed by atoms with Gasteiger partial charge in [-0.2, -0.15) is 5.26 Å². The van der Waals surface area contributed by atoms with Crippen molar-refractivity contribution in [1.29, 1.82) is 5.26 Å². The monoisotopic (exact) mass is 550 g/mol. The van der Waals surface area contributed by atoms with Crippen LogP contribution in [0.5, 0.6) is 17.2 Å². The normalized spacial score (nSPS) is 25.6. The number of anilines is 1. The number of allylic oxidation sites excluding steroid dienone is 1. The number of carbonyl (C=O) groups excluding carboxylic acids is 3. The molecule has 3 aliphatic heterocycles. The molecule has 198 valence electrons. The molecule has 1 saturated heterocycles. The second-order valence-corrected chi connectivity index (χ2v) is 12.0. The highest BCUT2D eigenvalue weighted by molar-refractivity contribution is 7.17. The number of thiophene rings is 1. The van der Waals surface area contributed by atoms with E-state index < -0.39 is 41.5 Å². The lowest BCUT2D eigenvalue weighted by Gasteiger charge is -2.38. The largest absolute Gasteiger partial charge is 0.454 e. The molecule has 4 atom stereocenters. The molecule has 8 rings (SSSR count). The van der Waals surface area contributed by atoms with Gasteiger partial charge in [-0.05, 0) is 66.6 Å². The molecule has 9 heteroatoms. The molecule has 4 heterocycles. The molecule has 0 N–H and O–H groups in total. The first-order chi connectivity index (χ1) is 19.4. The molecule has 0 saturated carbocycles. The third kappa shape index (κ3) is 3.08. The second-order valence-electron chi connectivity index (χ2n) is 10.9. The number of hydrogen-bond acceptors (Lipinski definition) is 8. The number of fused-ring (bicyclic) bond motifs is 7. The summed E-state index contributed by atoms with van der Waals surface area (Å²) in [6.45, 7) is 2.03. The van der Waals surface area contributed by atoms with Crippen molar-refractivity contribution in [3.63, 3.8) is 0 Å². The summed E-state index contributed by atoms with van der Waals surface area (Å²) in [7, 11) is 0. The van der Waals surface area contributed by atoms with Gasteiger partial charge in [-0.25, -0.2) is 4.90 Å². The van der Waals surface area contributed by atoms with Gasteiger partial charge >= 0.3 is 5.97 Å². The Bertz CT molecular complexity index is 1760. The Kier molecular flexibility index (Phi) is 4.86. The Balaban J connectivity index is 1.32. The van der Waals surface area contributed by atoms with E-state index in [1.165, 1.54) is 16.2 Å². The summed E-state index contributed by atoms with van der Waals surface area (Å²) in [5, 5.41) is 10.4. The van der Waals surface area contributed by atoms with Gasteiger partial charge < -0.3 is 14.2 Å². The zero-order chi connectivity index (χ0) is 27.3. The summed E-state index contributed by atoms with van der Waals surface area (Å²) in [6.07, 6.45) is 4.49. The number of nitrogens with zero attached hydrogens (tertiary/aromatic N) is 2. The summed E-state index contributed by atoms with van der Waals surface area (Å²) in [5.41, 5.74) is 4.50. The minimum atomic E-state index is -0.964. The Morgan fingerprint density at radius 1 is 0.975 bits per heavy atom. The van der Waals surface area contributed by atoms with Gasteiger partial charge in [-0.1, -0.05) is 24.3 Å². The van der Waals surface area contributed by atoms with E-state index in [1.807, 2.05) is 43.3 Å². The number of esters is 1. The van der Waals surface area contributed by atoms with Gasteiger partial charge in [-0.15, -0.1) is 11.3 Å². The molecule has 2 amide bonds. The number of rotatable bonds is 2. The fourth-order valence-electron chi connectivity index (χ4n) is 6.98. The summed E-state index contributed by atoms with van der Waals surface area (Å²) < 4.78 is 16.9. The van der Waals surface area contributed by atoms with Gasteiger partial charge in [0.15, 0.2) is 11.5 Å². The molecule has 1 fully saturated rings. The molecule has 5 aliphatic rings. The molecule has 3 aromatic rings. The lowest BCUT2D eigenvalue weighted by atomic mass is 9.64. The smallest absolute Gasteiger partial charge is 0.319 e. The minimum absolute atomic E-state index is 0.114. The standard InChI is InChI=1S/C31H22N2O6S/c1-14-5-7-16-19-11-18(15-6-8-21-23(10-15)38-13-37-21)25-27(26(19)31(36)39-22(16)9-14)29(35)33(28(25)34)30-20(12-32)17-3-2-4-24(17)40-30/h5-11,18,25-27H,2-4,13H2,1H3/t18-,25-,26-,27-/m1/s1. The molecule has 8 nitrogen and oxygen atoms in total. The molecular weight excluding hydrogens is 528 g/mol. The van der Waals surface area contributed by atoms with Crippen molar-refractivity contribution in [2.45, 2.75) is 32.1 Å². The first kappa shape index (κ1) is 23.5. The molecular formula is C31H22N2O6S. The van der Waals surface area contributed by atoms with Gasteiger partial charge in [0.25, 0.3) is 0 Å². The van der Waals surface area contributed by atoms with Crippen LogP contribution in [0.15, 0.2) is 42.5 Å². The number of nitriles is 1. The Morgan fingerprint density at radius 2 is 1.80 bits per heavy atom. The van der Waals surface area contributed by atoms with Crippen molar-refractivity contribution in [3.8, 4) is 23.3 Å². The maximum absolute atomic E-state index is 14.3. The van der Waals surface area contributed by atoms with E-state index in [-0.39, 0.29) is 6.79 Å². The lowest BCUT2D eigenvalue weighted by molar-refractivity contribution is -0.142. The first-order valence-corrected chi connectivity index (χ1v) is 14.1. The van der Waals surface area contributed by atoms with E-state index >= 15 is 0 Å². The molecule has 1 aromatic heterocycles. The van der Waals surface area contributed by atoms with Gasteiger partial charge in [0, 0.05) is 16.4 Å². The highest BCUT2D eigenvalue weighted by Crippen LogP contribution is 2.56. The van der Waals surface area contributed by atoms with Crippen LogP contribution in [-0.2, 0) is 27.2 Å². The van der Waals surface area contributed by atoms with Crippen LogP contribution >= 0.6 is 11.3 Å². The molecule has 0 bridgehead atoms. The van der Waals surface area contributed by atoms with E-state index in [0.717, 1.165) is 46.4 Å². The summed E-state index contributed by atoms with van der Waals surface area (Å²) >= 11 is 1.35. The molecule has 0 spiro atoms. The predicted octanol–water partition coefficient (Wildman–Crippen LogP) is 4.67. The van der Waals surface area contributed by atoms with Crippen LogP contribution in [0.4, 0.5) is 5.00 Å². The topological polar surface area (TPSA) is 106 Å². The summed E-state index contributed by atoms with van der Waals surface area (Å²) in [4.78, 5) is 44.4. The number of imide groups is 1. The van der Waals surface area contributed by atoms with Crippen molar-refractivity contribution < 1.29 is 28.6 Å². The van der Waals surface area contributed by atoms with E-state index in [4.69, 9.17) is 14.2 Å². The quantitative estimate of drug-likeness (QED) is 0.259. The van der Waals surface area contributed by atoms with Gasteiger partial charge in [-0.3, -0.25) is 14.4 Å². The third-order valence-corrected chi connectivity index (χ3v) is 10.0. The highest BCUT2D eigenvalue weighted by Gasteiger charge is 2.61. The van der Waals surface area contributed by atoms with E-state index in [2.05, 4.69) is 6.07 Å². The van der Waals surface area contributed by atoms with E-state index in [1.54, 1.807) is 6.07 Å². The third-order valence-electron chi connectivity index (χ3n) is 8.75.